The molecule has 1 atom stereocenters. The van der Waals surface area contributed by atoms with Gasteiger partial charge in [-0.25, -0.2) is 9.18 Å². The molecule has 2 aromatic carbocycles. The Labute approximate surface area is 198 Å². The molecule has 0 saturated carbocycles. The van der Waals surface area contributed by atoms with Gasteiger partial charge in [-0.15, -0.1) is 0 Å². The monoisotopic (exact) mass is 450 g/mol. The molecular weight excluding hydrogens is 411 g/mol. The third-order valence-electron chi connectivity index (χ3n) is 7.58. The van der Waals surface area contributed by atoms with E-state index in [-0.39, 0.29) is 27.9 Å². The molecule has 0 bridgehead atoms. The summed E-state index contributed by atoms with van der Waals surface area (Å²) in [5.41, 5.74) is 5.15. The quantitative estimate of drug-likeness (QED) is 0.409. The summed E-state index contributed by atoms with van der Waals surface area (Å²) in [5.74, 6) is -1.35. The third-order valence-corrected chi connectivity index (χ3v) is 7.58. The minimum Gasteiger partial charge on any atom is -0.478 e. The van der Waals surface area contributed by atoms with E-state index in [1.165, 1.54) is 48.9 Å². The first-order chi connectivity index (χ1) is 15.5. The second-order valence-electron chi connectivity index (χ2n) is 11.0. The van der Waals surface area contributed by atoms with Crippen LogP contribution in [0.4, 0.5) is 4.39 Å². The average molecular weight is 451 g/mol. The number of allylic oxidation sites excluding steroid dienone is 1. The zero-order valence-corrected chi connectivity index (χ0v) is 21.1. The summed E-state index contributed by atoms with van der Waals surface area (Å²) in [5, 5.41) is 9.26. The van der Waals surface area contributed by atoms with Crippen LogP contribution in [0.1, 0.15) is 117 Å². The van der Waals surface area contributed by atoms with E-state index >= 15 is 0 Å². The van der Waals surface area contributed by atoms with Gasteiger partial charge in [0.15, 0.2) is 0 Å². The van der Waals surface area contributed by atoms with Gasteiger partial charge in [-0.1, -0.05) is 90.3 Å². The molecule has 2 nitrogen and oxygen atoms in total. The summed E-state index contributed by atoms with van der Waals surface area (Å²) in [7, 11) is 0. The average Bonchev–Trinajstić information content (AvgIpc) is 2.76. The summed E-state index contributed by atoms with van der Waals surface area (Å²) in [6, 6.07) is 10.0. The minimum atomic E-state index is -1.10. The van der Waals surface area contributed by atoms with Crippen molar-refractivity contribution in [3.05, 3.63) is 75.6 Å². The maximum absolute atomic E-state index is 14.9. The molecular formula is C30H39FO2. The van der Waals surface area contributed by atoms with Gasteiger partial charge in [0.25, 0.3) is 0 Å². The standard InChI is InChI=1S/C30H39FO2/c1-7-8-9-10-21(11-12-22-13-15-24(28(32)33)20(2)27(22)31)23-14-16-25-26(19-23)30(5,6)18-17-29(25,3)4/h11-16,19,21H,7-10,17-18H2,1-6H3,(H,32,33). The van der Waals surface area contributed by atoms with Gasteiger partial charge in [0.05, 0.1) is 5.56 Å². The molecule has 3 heteroatoms. The number of rotatable bonds is 8. The smallest absolute Gasteiger partial charge is 0.336 e. The Balaban J connectivity index is 1.99. The third kappa shape index (κ3) is 5.39. The molecule has 1 aliphatic carbocycles. The van der Waals surface area contributed by atoms with Crippen molar-refractivity contribution in [1.82, 2.24) is 0 Å². The summed E-state index contributed by atoms with van der Waals surface area (Å²) in [4.78, 5) is 11.3. The Kier molecular flexibility index (Phi) is 7.51. The largest absolute Gasteiger partial charge is 0.478 e. The summed E-state index contributed by atoms with van der Waals surface area (Å²) in [6.45, 7) is 13.1. The van der Waals surface area contributed by atoms with E-state index in [2.05, 4.69) is 58.9 Å². The number of fused-ring (bicyclic) bond motifs is 1. The molecule has 0 amide bonds. The first kappa shape index (κ1) is 25.2. The van der Waals surface area contributed by atoms with Crippen molar-refractivity contribution >= 4 is 12.0 Å². The van der Waals surface area contributed by atoms with E-state index in [0.717, 1.165) is 19.3 Å². The number of aromatic carboxylic acids is 1. The van der Waals surface area contributed by atoms with Crippen LogP contribution in [0.3, 0.4) is 0 Å². The Morgan fingerprint density at radius 2 is 1.73 bits per heavy atom. The van der Waals surface area contributed by atoms with Crippen LogP contribution in [0.5, 0.6) is 0 Å². The van der Waals surface area contributed by atoms with Crippen LogP contribution in [0.25, 0.3) is 6.08 Å². The van der Waals surface area contributed by atoms with Crippen molar-refractivity contribution in [2.75, 3.05) is 0 Å². The van der Waals surface area contributed by atoms with Crippen LogP contribution < -0.4 is 0 Å². The van der Waals surface area contributed by atoms with Gasteiger partial charge in [-0.05, 0) is 65.3 Å². The fraction of sp³-hybridized carbons (Fsp3) is 0.500. The zero-order valence-electron chi connectivity index (χ0n) is 21.1. The van der Waals surface area contributed by atoms with Gasteiger partial charge in [0.2, 0.25) is 0 Å². The van der Waals surface area contributed by atoms with Gasteiger partial charge in [-0.2, -0.15) is 0 Å². The van der Waals surface area contributed by atoms with E-state index in [0.29, 0.717) is 5.56 Å². The highest BCUT2D eigenvalue weighted by Gasteiger charge is 2.37. The highest BCUT2D eigenvalue weighted by atomic mass is 19.1. The molecule has 0 aliphatic heterocycles. The van der Waals surface area contributed by atoms with Crippen molar-refractivity contribution < 1.29 is 14.3 Å². The predicted molar refractivity (Wildman–Crippen MR) is 136 cm³/mol. The van der Waals surface area contributed by atoms with Crippen LogP contribution in [0, 0.1) is 12.7 Å². The summed E-state index contributed by atoms with van der Waals surface area (Å²) in [6.07, 6.45) is 10.8. The molecule has 1 aliphatic rings. The molecule has 0 radical (unpaired) electrons. The van der Waals surface area contributed by atoms with Crippen LogP contribution in [0.2, 0.25) is 0 Å². The number of hydrogen-bond donors (Lipinski definition) is 1. The van der Waals surface area contributed by atoms with Crippen LogP contribution in [-0.2, 0) is 10.8 Å². The number of carboxylic acid groups (broad SMARTS) is 1. The van der Waals surface area contributed by atoms with E-state index < -0.39 is 11.8 Å². The van der Waals surface area contributed by atoms with Crippen molar-refractivity contribution in [1.29, 1.82) is 0 Å². The normalized spacial score (nSPS) is 17.7. The van der Waals surface area contributed by atoms with Crippen molar-refractivity contribution in [3.8, 4) is 0 Å². The van der Waals surface area contributed by atoms with Gasteiger partial charge in [0.1, 0.15) is 5.82 Å². The molecule has 2 aromatic rings. The SMILES string of the molecule is CCCCCC(C=Cc1ccc(C(=O)O)c(C)c1F)c1ccc2c(c1)C(C)(C)CCC2(C)C. The van der Waals surface area contributed by atoms with Gasteiger partial charge in [-0.3, -0.25) is 0 Å². The second kappa shape index (κ2) is 9.83. The van der Waals surface area contributed by atoms with E-state index in [1.54, 1.807) is 6.07 Å². The Morgan fingerprint density at radius 1 is 1.06 bits per heavy atom. The molecule has 0 heterocycles. The molecule has 1 unspecified atom stereocenters. The van der Waals surface area contributed by atoms with Gasteiger partial charge in [0, 0.05) is 11.5 Å². The molecule has 0 saturated heterocycles. The highest BCUT2D eigenvalue weighted by Crippen LogP contribution is 2.46. The lowest BCUT2D eigenvalue weighted by molar-refractivity contribution is 0.0695. The zero-order chi connectivity index (χ0) is 24.4. The number of carboxylic acids is 1. The maximum Gasteiger partial charge on any atom is 0.336 e. The lowest BCUT2D eigenvalue weighted by atomic mass is 9.62. The first-order valence-corrected chi connectivity index (χ1v) is 12.3. The van der Waals surface area contributed by atoms with Gasteiger partial charge >= 0.3 is 5.97 Å². The van der Waals surface area contributed by atoms with E-state index in [9.17, 15) is 14.3 Å². The number of unbranched alkanes of at least 4 members (excludes halogenated alkanes) is 2. The molecule has 0 spiro atoms. The molecule has 0 aromatic heterocycles. The predicted octanol–water partition coefficient (Wildman–Crippen LogP) is 8.56. The number of halogens is 1. The summed E-state index contributed by atoms with van der Waals surface area (Å²) < 4.78 is 14.9. The van der Waals surface area contributed by atoms with Crippen molar-refractivity contribution in [2.24, 2.45) is 0 Å². The first-order valence-electron chi connectivity index (χ1n) is 12.3. The minimum absolute atomic E-state index is 0.0173. The number of carbonyl (C=O) groups is 1. The molecule has 33 heavy (non-hydrogen) atoms. The molecule has 3 rings (SSSR count). The maximum atomic E-state index is 14.9. The van der Waals surface area contributed by atoms with Crippen molar-refractivity contribution in [2.45, 2.75) is 96.8 Å². The Morgan fingerprint density at radius 3 is 2.36 bits per heavy atom. The molecule has 0 fully saturated rings. The van der Waals surface area contributed by atoms with Crippen LogP contribution in [0.15, 0.2) is 36.4 Å². The van der Waals surface area contributed by atoms with E-state index in [1.807, 2.05) is 6.08 Å². The number of hydrogen-bond acceptors (Lipinski definition) is 1. The lowest BCUT2D eigenvalue weighted by Crippen LogP contribution is -2.34. The molecule has 178 valence electrons. The Bertz CT molecular complexity index is 1050. The second-order valence-corrected chi connectivity index (χ2v) is 11.0. The van der Waals surface area contributed by atoms with Crippen molar-refractivity contribution in [3.63, 3.8) is 0 Å². The highest BCUT2D eigenvalue weighted by molar-refractivity contribution is 5.89. The topological polar surface area (TPSA) is 37.3 Å². The van der Waals surface area contributed by atoms with E-state index in [4.69, 9.17) is 0 Å². The molecule has 1 N–H and O–H groups in total. The lowest BCUT2D eigenvalue weighted by Gasteiger charge is -2.42. The Hall–Kier alpha value is -2.42. The van der Waals surface area contributed by atoms with Crippen LogP contribution in [-0.4, -0.2) is 11.1 Å². The summed E-state index contributed by atoms with van der Waals surface area (Å²) >= 11 is 0. The fourth-order valence-corrected chi connectivity index (χ4v) is 5.11. The van der Waals surface area contributed by atoms with Gasteiger partial charge < -0.3 is 5.11 Å². The number of benzene rings is 2. The fourth-order valence-electron chi connectivity index (χ4n) is 5.11. The van der Waals surface area contributed by atoms with Crippen LogP contribution >= 0.6 is 0 Å².